The van der Waals surface area contributed by atoms with Gasteiger partial charge in [0.25, 0.3) is 0 Å². The Morgan fingerprint density at radius 3 is 2.78 bits per heavy atom. The Morgan fingerprint density at radius 1 is 1.26 bits per heavy atom. The summed E-state index contributed by atoms with van der Waals surface area (Å²) in [6, 6.07) is 7.92. The molecule has 4 rings (SSSR count). The fourth-order valence-electron chi connectivity index (χ4n) is 4.32. The van der Waals surface area contributed by atoms with Gasteiger partial charge in [0.1, 0.15) is 0 Å². The number of ether oxygens (including phenoxy) is 1. The van der Waals surface area contributed by atoms with E-state index in [0.29, 0.717) is 38.4 Å². The van der Waals surface area contributed by atoms with Gasteiger partial charge in [-0.05, 0) is 30.5 Å². The van der Waals surface area contributed by atoms with E-state index in [0.717, 1.165) is 34.1 Å². The molecule has 2 aliphatic heterocycles. The van der Waals surface area contributed by atoms with Crippen LogP contribution in [0.25, 0.3) is 0 Å². The third-order valence-corrected chi connectivity index (χ3v) is 6.08. The molecule has 1 fully saturated rings. The van der Waals surface area contributed by atoms with Crippen LogP contribution < -0.4 is 5.32 Å². The number of amides is 1. The van der Waals surface area contributed by atoms with Crippen LogP contribution in [-0.4, -0.2) is 42.9 Å². The number of carbonyl (C=O) groups excluding carboxylic acids is 2. The summed E-state index contributed by atoms with van der Waals surface area (Å²) in [5.41, 5.74) is 3.36. The first-order valence-corrected chi connectivity index (χ1v) is 10.2. The zero-order valence-electron chi connectivity index (χ0n) is 15.2. The first-order chi connectivity index (χ1) is 13.1. The molecule has 0 radical (unpaired) electrons. The molecule has 1 N–H and O–H groups in total. The summed E-state index contributed by atoms with van der Waals surface area (Å²) in [6.45, 7) is 6.43. The normalized spacial score (nSPS) is 25.9. The van der Waals surface area contributed by atoms with Gasteiger partial charge in [0.2, 0.25) is 5.91 Å². The van der Waals surface area contributed by atoms with Crippen LogP contribution in [0.2, 0.25) is 0 Å². The average molecular weight is 431 g/mol. The monoisotopic (exact) mass is 430 g/mol. The van der Waals surface area contributed by atoms with Crippen molar-refractivity contribution in [1.82, 2.24) is 10.2 Å². The van der Waals surface area contributed by atoms with E-state index in [4.69, 9.17) is 4.74 Å². The summed E-state index contributed by atoms with van der Waals surface area (Å²) in [4.78, 5) is 28.1. The van der Waals surface area contributed by atoms with Crippen molar-refractivity contribution >= 4 is 27.6 Å². The Kier molecular flexibility index (Phi) is 5.19. The van der Waals surface area contributed by atoms with E-state index >= 15 is 0 Å². The van der Waals surface area contributed by atoms with Crippen LogP contribution in [-0.2, 0) is 14.3 Å². The van der Waals surface area contributed by atoms with Crippen molar-refractivity contribution in [2.24, 2.45) is 5.92 Å². The highest BCUT2D eigenvalue weighted by molar-refractivity contribution is 9.10. The molecule has 2 heterocycles. The highest BCUT2D eigenvalue weighted by atomic mass is 79.9. The molecule has 0 spiro atoms. The molecule has 2 unspecified atom stereocenters. The largest absolute Gasteiger partial charge is 0.378 e. The number of morpholine rings is 1. The quantitative estimate of drug-likeness (QED) is 0.782. The van der Waals surface area contributed by atoms with Gasteiger partial charge in [0.15, 0.2) is 5.78 Å². The predicted octanol–water partition coefficient (Wildman–Crippen LogP) is 3.13. The average Bonchev–Trinajstić information content (AvgIpc) is 2.67. The van der Waals surface area contributed by atoms with Gasteiger partial charge >= 0.3 is 0 Å². The predicted molar refractivity (Wildman–Crippen MR) is 106 cm³/mol. The van der Waals surface area contributed by atoms with Crippen LogP contribution in [0.4, 0.5) is 0 Å². The Hall–Kier alpha value is -1.92. The number of halogens is 1. The van der Waals surface area contributed by atoms with Crippen LogP contribution >= 0.6 is 15.9 Å². The van der Waals surface area contributed by atoms with E-state index < -0.39 is 5.92 Å². The first kappa shape index (κ1) is 18.4. The summed E-state index contributed by atoms with van der Waals surface area (Å²) in [5.74, 6) is -0.626. The molecule has 6 heteroatoms. The highest BCUT2D eigenvalue weighted by Gasteiger charge is 2.44. The minimum atomic E-state index is -0.488. The number of ketones is 1. The molecule has 27 heavy (non-hydrogen) atoms. The molecule has 1 aromatic carbocycles. The first-order valence-electron chi connectivity index (χ1n) is 9.40. The Labute approximate surface area is 167 Å². The summed E-state index contributed by atoms with van der Waals surface area (Å²) < 4.78 is 6.33. The van der Waals surface area contributed by atoms with Crippen LogP contribution in [0.1, 0.15) is 30.7 Å². The summed E-state index contributed by atoms with van der Waals surface area (Å²) >= 11 is 3.53. The van der Waals surface area contributed by atoms with Gasteiger partial charge in [-0.2, -0.15) is 0 Å². The van der Waals surface area contributed by atoms with Gasteiger partial charge in [-0.1, -0.05) is 34.6 Å². The molecule has 1 amide bonds. The minimum Gasteiger partial charge on any atom is -0.378 e. The number of nitrogens with one attached hydrogen (secondary N) is 1. The molecule has 2 atom stereocenters. The SMILES string of the molecule is C=C1NC2=C(C(=O)CCC2)C(c2cccc(Br)c2)C1C(=O)N1CCOCC1. The fourth-order valence-corrected chi connectivity index (χ4v) is 4.74. The van der Waals surface area contributed by atoms with Crippen molar-refractivity contribution in [3.05, 3.63) is 57.8 Å². The van der Waals surface area contributed by atoms with Gasteiger partial charge in [-0.25, -0.2) is 0 Å². The number of hydrogen-bond donors (Lipinski definition) is 1. The molecule has 1 saturated heterocycles. The highest BCUT2D eigenvalue weighted by Crippen LogP contribution is 2.45. The summed E-state index contributed by atoms with van der Waals surface area (Å²) in [7, 11) is 0. The zero-order valence-corrected chi connectivity index (χ0v) is 16.8. The maximum atomic E-state index is 13.4. The Balaban J connectivity index is 1.80. The van der Waals surface area contributed by atoms with E-state index in [2.05, 4.69) is 27.8 Å². The zero-order chi connectivity index (χ0) is 19.0. The number of nitrogens with zero attached hydrogens (tertiary/aromatic N) is 1. The van der Waals surface area contributed by atoms with E-state index in [9.17, 15) is 9.59 Å². The molecule has 3 aliphatic rings. The van der Waals surface area contributed by atoms with Crippen molar-refractivity contribution in [3.8, 4) is 0 Å². The molecule has 0 aromatic heterocycles. The summed E-state index contributed by atoms with van der Waals surface area (Å²) in [5, 5.41) is 3.31. The number of hydrogen-bond acceptors (Lipinski definition) is 4. The number of allylic oxidation sites excluding steroid dienone is 2. The summed E-state index contributed by atoms with van der Waals surface area (Å²) in [6.07, 6.45) is 2.20. The number of carbonyl (C=O) groups is 2. The second-order valence-corrected chi connectivity index (χ2v) is 8.18. The van der Waals surface area contributed by atoms with E-state index in [1.807, 2.05) is 29.2 Å². The lowest BCUT2D eigenvalue weighted by atomic mass is 9.71. The van der Waals surface area contributed by atoms with E-state index in [1.54, 1.807) is 0 Å². The number of rotatable bonds is 2. The third kappa shape index (κ3) is 3.48. The smallest absolute Gasteiger partial charge is 0.232 e. The lowest BCUT2D eigenvalue weighted by Crippen LogP contribution is -2.49. The standard InChI is InChI=1S/C21H23BrN2O3/c1-13-18(21(26)24-8-10-27-11-9-24)19(14-4-2-5-15(22)12-14)20-16(23-13)6-3-7-17(20)25/h2,4-5,12,18-19,23H,1,3,6-11H2. The number of benzene rings is 1. The Morgan fingerprint density at radius 2 is 2.04 bits per heavy atom. The van der Waals surface area contributed by atoms with Gasteiger partial charge in [-0.15, -0.1) is 0 Å². The molecule has 1 aliphatic carbocycles. The second-order valence-electron chi connectivity index (χ2n) is 7.27. The molecule has 0 bridgehead atoms. The maximum Gasteiger partial charge on any atom is 0.232 e. The van der Waals surface area contributed by atoms with Crippen molar-refractivity contribution < 1.29 is 14.3 Å². The van der Waals surface area contributed by atoms with Crippen LogP contribution in [0, 0.1) is 5.92 Å². The van der Waals surface area contributed by atoms with Gasteiger partial charge in [0.05, 0.1) is 19.1 Å². The molecule has 1 aromatic rings. The van der Waals surface area contributed by atoms with Gasteiger partial charge in [0, 0.05) is 46.9 Å². The van der Waals surface area contributed by atoms with E-state index in [1.165, 1.54) is 0 Å². The maximum absolute atomic E-state index is 13.4. The Bertz CT molecular complexity index is 826. The van der Waals surface area contributed by atoms with Crippen LogP contribution in [0.15, 0.2) is 52.3 Å². The third-order valence-electron chi connectivity index (χ3n) is 5.58. The van der Waals surface area contributed by atoms with Crippen LogP contribution in [0.5, 0.6) is 0 Å². The molecule has 5 nitrogen and oxygen atoms in total. The van der Waals surface area contributed by atoms with Crippen molar-refractivity contribution in [1.29, 1.82) is 0 Å². The molecular weight excluding hydrogens is 408 g/mol. The lowest BCUT2D eigenvalue weighted by molar-refractivity contribution is -0.139. The molecule has 0 saturated carbocycles. The van der Waals surface area contributed by atoms with Crippen molar-refractivity contribution in [2.75, 3.05) is 26.3 Å². The van der Waals surface area contributed by atoms with Crippen molar-refractivity contribution in [3.63, 3.8) is 0 Å². The molecule has 142 valence electrons. The fraction of sp³-hybridized carbons (Fsp3) is 0.429. The second kappa shape index (κ2) is 7.60. The van der Waals surface area contributed by atoms with Crippen LogP contribution in [0.3, 0.4) is 0 Å². The molecular formula is C21H23BrN2O3. The van der Waals surface area contributed by atoms with Crippen molar-refractivity contribution in [2.45, 2.75) is 25.2 Å². The van der Waals surface area contributed by atoms with E-state index in [-0.39, 0.29) is 17.6 Å². The lowest BCUT2D eigenvalue weighted by Gasteiger charge is -2.41. The van der Waals surface area contributed by atoms with Gasteiger partial charge in [-0.3, -0.25) is 9.59 Å². The number of Topliss-reactive ketones (excluding diaryl/α,β-unsaturated/α-hetero) is 1. The van der Waals surface area contributed by atoms with Gasteiger partial charge < -0.3 is 15.0 Å². The topological polar surface area (TPSA) is 58.6 Å². The minimum absolute atomic E-state index is 0.0192.